The van der Waals surface area contributed by atoms with E-state index in [1.54, 1.807) is 50.2 Å². The summed E-state index contributed by atoms with van der Waals surface area (Å²) in [5.74, 6) is 0.149. The molecule has 68 heavy (non-hydrogen) atoms. The zero-order valence-electron chi connectivity index (χ0n) is 38.8. The second kappa shape index (κ2) is 19.3. The minimum atomic E-state index is -4.86. The number of nitrogens with zero attached hydrogens (tertiary/aromatic N) is 1. The van der Waals surface area contributed by atoms with E-state index in [-0.39, 0.29) is 92.3 Å². The third-order valence-corrected chi connectivity index (χ3v) is 14.2. The van der Waals surface area contributed by atoms with Gasteiger partial charge in [0.25, 0.3) is 30.4 Å². The van der Waals surface area contributed by atoms with Crippen molar-refractivity contribution in [2.75, 3.05) is 29.2 Å². The lowest BCUT2D eigenvalue weighted by atomic mass is 9.93. The van der Waals surface area contributed by atoms with Crippen LogP contribution in [0.25, 0.3) is 33.4 Å². The number of carbonyl (C=O) groups excluding carboxylic acids is 2. The SMILES string of the molecule is Cc1c(N=c2ccc3c(-c4ccccc4S(=O)(=O)O)c4ccc(Nc5c(C)c(NC(=O)OCC(C)C)c(C)c(S(=O)(=O)O)c5C)cc4oc-3c2)c(C)c(S(=O)(=O)O)c(C)c1NC(=O)OCC(C)C. The molecule has 1 heterocycles. The van der Waals surface area contributed by atoms with Crippen LogP contribution in [0.3, 0.4) is 0 Å². The van der Waals surface area contributed by atoms with Gasteiger partial charge in [-0.2, -0.15) is 25.3 Å². The molecule has 21 heteroatoms. The van der Waals surface area contributed by atoms with Crippen molar-refractivity contribution in [2.45, 2.75) is 83.9 Å². The molecule has 362 valence electrons. The fraction of sp³-hybridized carbons (Fsp3) is 0.298. The first-order chi connectivity index (χ1) is 31.6. The second-order valence-electron chi connectivity index (χ2n) is 17.1. The zero-order chi connectivity index (χ0) is 50.4. The first kappa shape index (κ1) is 51.0. The summed E-state index contributed by atoms with van der Waals surface area (Å²) in [6.07, 6.45) is -1.69. The molecular weight excluding hydrogens is 941 g/mol. The molecule has 6 N–H and O–H groups in total. The number of amides is 2. The highest BCUT2D eigenvalue weighted by atomic mass is 32.2. The first-order valence-electron chi connectivity index (χ1n) is 21.1. The van der Waals surface area contributed by atoms with Gasteiger partial charge in [-0.25, -0.2) is 14.6 Å². The van der Waals surface area contributed by atoms with Crippen molar-refractivity contribution in [3.8, 4) is 22.5 Å². The molecule has 4 aromatic rings. The zero-order valence-corrected chi connectivity index (χ0v) is 41.3. The van der Waals surface area contributed by atoms with Crippen LogP contribution in [0.1, 0.15) is 61.1 Å². The number of rotatable bonds is 13. The number of nitrogens with one attached hydrogen (secondary N) is 3. The summed E-state index contributed by atoms with van der Waals surface area (Å²) in [7, 11) is -14.5. The lowest BCUT2D eigenvalue weighted by molar-refractivity contribution is 0.147. The van der Waals surface area contributed by atoms with Gasteiger partial charge in [0.2, 0.25) is 0 Å². The van der Waals surface area contributed by atoms with Crippen LogP contribution in [0.5, 0.6) is 0 Å². The molecule has 0 saturated heterocycles. The Bertz CT molecular complexity index is 3420. The van der Waals surface area contributed by atoms with Crippen LogP contribution < -0.4 is 21.3 Å². The third kappa shape index (κ3) is 10.7. The standard InChI is InChI=1S/C47H52N4O14S3/c1-23(2)21-63-46(52)50-42-25(5)40(27(7)44(29(42)9)67(57,58)59)48-31-15-17-33-36(19-31)65-37-20-32(16-18-34(37)39(33)35-13-11-12-14-38(35)66(54,55)56)49-41-26(6)43(51-47(53)64-22-24(3)4)30(10)45(28(41)8)68(60,61)62/h11-20,23-24,48H,21-22H2,1-10H3,(H,50,52)(H,51,53)(H,54,55,56)(H,57,58,59)(H,60,61,62). The summed E-state index contributed by atoms with van der Waals surface area (Å²) >= 11 is 0. The van der Waals surface area contributed by atoms with E-state index in [1.807, 2.05) is 27.7 Å². The smallest absolute Gasteiger partial charge is 0.411 e. The van der Waals surface area contributed by atoms with Crippen LogP contribution in [0.15, 0.2) is 84.8 Å². The molecule has 0 unspecified atom stereocenters. The van der Waals surface area contributed by atoms with Gasteiger partial charge in [0, 0.05) is 45.6 Å². The lowest BCUT2D eigenvalue weighted by Crippen LogP contribution is -2.20. The van der Waals surface area contributed by atoms with Gasteiger partial charge in [-0.1, -0.05) is 45.9 Å². The van der Waals surface area contributed by atoms with E-state index in [2.05, 4.69) is 16.0 Å². The number of fused-ring (bicyclic) bond motifs is 2. The Balaban J connectivity index is 1.61. The summed E-state index contributed by atoms with van der Waals surface area (Å²) in [6, 6.07) is 15.2. The minimum Gasteiger partial charge on any atom is -0.456 e. The Morgan fingerprint density at radius 1 is 0.618 bits per heavy atom. The largest absolute Gasteiger partial charge is 0.456 e. The van der Waals surface area contributed by atoms with E-state index in [9.17, 15) is 48.5 Å². The van der Waals surface area contributed by atoms with Crippen molar-refractivity contribution < 1.29 is 62.4 Å². The van der Waals surface area contributed by atoms with Crippen LogP contribution in [-0.4, -0.2) is 64.3 Å². The van der Waals surface area contributed by atoms with Gasteiger partial charge in [0.05, 0.1) is 35.6 Å². The lowest BCUT2D eigenvalue weighted by Gasteiger charge is -2.23. The molecule has 0 fully saturated rings. The van der Waals surface area contributed by atoms with Gasteiger partial charge < -0.3 is 19.2 Å². The van der Waals surface area contributed by atoms with Crippen molar-refractivity contribution in [3.05, 3.63) is 99.4 Å². The van der Waals surface area contributed by atoms with E-state index < -0.39 is 57.2 Å². The molecular formula is C47H52N4O14S3. The average molecular weight is 993 g/mol. The number of carbonyl (C=O) groups is 2. The number of hydrogen-bond donors (Lipinski definition) is 6. The molecule has 0 aromatic heterocycles. The van der Waals surface area contributed by atoms with Crippen LogP contribution in [0.2, 0.25) is 0 Å². The van der Waals surface area contributed by atoms with E-state index in [0.29, 0.717) is 33.3 Å². The highest BCUT2D eigenvalue weighted by molar-refractivity contribution is 7.86. The monoisotopic (exact) mass is 992 g/mol. The Morgan fingerprint density at radius 3 is 1.69 bits per heavy atom. The molecule has 2 amide bonds. The molecule has 1 aliphatic heterocycles. The molecule has 0 radical (unpaired) electrons. The summed E-state index contributed by atoms with van der Waals surface area (Å²) in [4.78, 5) is 29.2. The van der Waals surface area contributed by atoms with Crippen molar-refractivity contribution in [2.24, 2.45) is 16.8 Å². The predicted molar refractivity (Wildman–Crippen MR) is 257 cm³/mol. The second-order valence-corrected chi connectivity index (χ2v) is 21.2. The number of hydrogen-bond acceptors (Lipinski definition) is 13. The number of ether oxygens (including phenoxy) is 2. The third-order valence-electron chi connectivity index (χ3n) is 11.0. The molecule has 0 bridgehead atoms. The Morgan fingerprint density at radius 2 is 1.15 bits per heavy atom. The normalized spacial score (nSPS) is 12.5. The summed E-state index contributed by atoms with van der Waals surface area (Å²) < 4.78 is 125. The topological polar surface area (TPSA) is 277 Å². The summed E-state index contributed by atoms with van der Waals surface area (Å²) in [5, 5.41) is 8.98. The minimum absolute atomic E-state index is 0.00639. The van der Waals surface area contributed by atoms with E-state index in [1.165, 1.54) is 52.0 Å². The average Bonchev–Trinajstić information content (AvgIpc) is 3.23. The molecule has 0 atom stereocenters. The number of anilines is 4. The molecule has 6 rings (SSSR count). The Hall–Kier alpha value is -6.36. The van der Waals surface area contributed by atoms with Crippen LogP contribution in [-0.2, 0) is 39.8 Å². The molecule has 1 aliphatic carbocycles. The van der Waals surface area contributed by atoms with Crippen LogP contribution in [0.4, 0.5) is 38.0 Å². The van der Waals surface area contributed by atoms with Gasteiger partial charge in [-0.15, -0.1) is 0 Å². The molecule has 0 spiro atoms. The summed E-state index contributed by atoms with van der Waals surface area (Å²) in [6.45, 7) is 16.6. The van der Waals surface area contributed by atoms with E-state index in [0.717, 1.165) is 0 Å². The Kier molecular flexibility index (Phi) is 14.5. The predicted octanol–water partition coefficient (Wildman–Crippen LogP) is 10.2. The van der Waals surface area contributed by atoms with Gasteiger partial charge >= 0.3 is 12.2 Å². The van der Waals surface area contributed by atoms with Crippen LogP contribution in [0, 0.1) is 53.4 Å². The van der Waals surface area contributed by atoms with Crippen molar-refractivity contribution in [1.82, 2.24) is 0 Å². The van der Waals surface area contributed by atoms with Crippen molar-refractivity contribution in [3.63, 3.8) is 0 Å². The van der Waals surface area contributed by atoms with Gasteiger partial charge in [0.1, 0.15) is 26.0 Å². The van der Waals surface area contributed by atoms with Gasteiger partial charge in [0.15, 0.2) is 0 Å². The van der Waals surface area contributed by atoms with Crippen molar-refractivity contribution in [1.29, 1.82) is 0 Å². The van der Waals surface area contributed by atoms with Crippen molar-refractivity contribution >= 4 is 81.9 Å². The molecule has 0 saturated carbocycles. The maximum absolute atomic E-state index is 12.9. The number of benzene rings is 5. The maximum Gasteiger partial charge on any atom is 0.411 e. The quantitative estimate of drug-likeness (QED) is 0.0464. The highest BCUT2D eigenvalue weighted by Gasteiger charge is 2.29. The van der Waals surface area contributed by atoms with Gasteiger partial charge in [-0.05, 0) is 117 Å². The van der Waals surface area contributed by atoms with Gasteiger partial charge in [-0.3, -0.25) is 24.3 Å². The van der Waals surface area contributed by atoms with E-state index in [4.69, 9.17) is 18.9 Å². The molecule has 2 aliphatic rings. The van der Waals surface area contributed by atoms with E-state index >= 15 is 0 Å². The first-order valence-corrected chi connectivity index (χ1v) is 25.4. The maximum atomic E-state index is 12.9. The fourth-order valence-corrected chi connectivity index (χ4v) is 10.8. The highest BCUT2D eigenvalue weighted by Crippen LogP contribution is 2.45. The van der Waals surface area contributed by atoms with Crippen LogP contribution >= 0.6 is 0 Å². The fourth-order valence-electron chi connectivity index (χ4n) is 8.13. The molecule has 4 aromatic carbocycles. The Labute approximate surface area is 394 Å². The summed E-state index contributed by atoms with van der Waals surface area (Å²) in [5.41, 5.74) is 2.72. The molecule has 18 nitrogen and oxygen atoms in total.